The van der Waals surface area contributed by atoms with Crippen LogP contribution in [0.2, 0.25) is 0 Å². The minimum atomic E-state index is -4.63. The van der Waals surface area contributed by atoms with Gasteiger partial charge in [-0.05, 0) is 49.2 Å². The molecule has 0 atom stereocenters. The molecule has 10 heteroatoms. The van der Waals surface area contributed by atoms with Crippen molar-refractivity contribution in [2.24, 2.45) is 0 Å². The molecule has 0 fully saturated rings. The number of hydrogen-bond acceptors (Lipinski definition) is 6. The Balaban J connectivity index is 2.02. The van der Waals surface area contributed by atoms with Gasteiger partial charge >= 0.3 is 11.9 Å². The van der Waals surface area contributed by atoms with Gasteiger partial charge in [0.2, 0.25) is 11.6 Å². The molecule has 0 aliphatic rings. The largest absolute Gasteiger partial charge is 0.418 e. The van der Waals surface area contributed by atoms with Crippen molar-refractivity contribution in [3.8, 4) is 0 Å². The van der Waals surface area contributed by atoms with Gasteiger partial charge in [0.25, 0.3) is 0 Å². The lowest BCUT2D eigenvalue weighted by Crippen LogP contribution is -2.10. The van der Waals surface area contributed by atoms with E-state index in [1.165, 1.54) is 18.2 Å². The molecule has 0 spiro atoms. The van der Waals surface area contributed by atoms with Gasteiger partial charge in [-0.2, -0.15) is 13.2 Å². The first-order chi connectivity index (χ1) is 13.7. The number of nitrogens with zero attached hydrogens (tertiary/aromatic N) is 3. The molecule has 3 rings (SSSR count). The zero-order chi connectivity index (χ0) is 21.2. The molecular formula is C19H16F3N5O2. The van der Waals surface area contributed by atoms with Gasteiger partial charge in [-0.25, -0.2) is 9.97 Å². The highest BCUT2D eigenvalue weighted by atomic mass is 19.4. The summed E-state index contributed by atoms with van der Waals surface area (Å²) in [6, 6.07) is 10.0. The van der Waals surface area contributed by atoms with Crippen LogP contribution >= 0.6 is 0 Å². The van der Waals surface area contributed by atoms with E-state index in [0.717, 1.165) is 23.5 Å². The summed E-state index contributed by atoms with van der Waals surface area (Å²) < 4.78 is 39.7. The highest BCUT2D eigenvalue weighted by Crippen LogP contribution is 2.38. The van der Waals surface area contributed by atoms with E-state index < -0.39 is 22.4 Å². The second kappa shape index (κ2) is 7.74. The number of alkyl halides is 3. The van der Waals surface area contributed by atoms with E-state index in [0.29, 0.717) is 5.69 Å². The fourth-order valence-electron chi connectivity index (χ4n) is 2.66. The number of aryl methyl sites for hydroxylation is 2. The SMILES string of the molecule is Cc1ccc(Nc2ncnc(Nc3ccccc3C(F)(F)F)c2[N+](=O)[O-])cc1C. The average Bonchev–Trinajstić information content (AvgIpc) is 2.64. The second-order valence-electron chi connectivity index (χ2n) is 6.27. The normalized spacial score (nSPS) is 11.2. The molecule has 0 bridgehead atoms. The van der Waals surface area contributed by atoms with E-state index >= 15 is 0 Å². The summed E-state index contributed by atoms with van der Waals surface area (Å²) in [5.41, 5.74) is 0.678. The number of para-hydroxylation sites is 1. The molecule has 0 unspecified atom stereocenters. The van der Waals surface area contributed by atoms with Crippen LogP contribution in [-0.4, -0.2) is 14.9 Å². The summed E-state index contributed by atoms with van der Waals surface area (Å²) in [6.07, 6.45) is -3.60. The number of nitro groups is 1. The number of rotatable bonds is 5. The summed E-state index contributed by atoms with van der Waals surface area (Å²) in [6.45, 7) is 3.81. The molecule has 0 radical (unpaired) electrons. The average molecular weight is 403 g/mol. The van der Waals surface area contributed by atoms with Gasteiger partial charge in [0.15, 0.2) is 0 Å². The molecule has 7 nitrogen and oxygen atoms in total. The van der Waals surface area contributed by atoms with Crippen LogP contribution in [0.1, 0.15) is 16.7 Å². The number of nitrogens with one attached hydrogen (secondary N) is 2. The predicted octanol–water partition coefficient (Wildman–Crippen LogP) is 5.51. The Kier molecular flexibility index (Phi) is 5.35. The summed E-state index contributed by atoms with van der Waals surface area (Å²) in [7, 11) is 0. The molecule has 2 N–H and O–H groups in total. The van der Waals surface area contributed by atoms with Crippen molar-refractivity contribution in [3.63, 3.8) is 0 Å². The van der Waals surface area contributed by atoms with Crippen molar-refractivity contribution in [2.45, 2.75) is 20.0 Å². The molecule has 1 heterocycles. The lowest BCUT2D eigenvalue weighted by molar-refractivity contribution is -0.383. The van der Waals surface area contributed by atoms with Crippen molar-refractivity contribution < 1.29 is 18.1 Å². The van der Waals surface area contributed by atoms with Gasteiger partial charge in [0.1, 0.15) is 6.33 Å². The van der Waals surface area contributed by atoms with Crippen LogP contribution in [0.5, 0.6) is 0 Å². The third-order valence-electron chi connectivity index (χ3n) is 4.26. The molecule has 2 aromatic carbocycles. The molecular weight excluding hydrogens is 387 g/mol. The third-order valence-corrected chi connectivity index (χ3v) is 4.26. The fraction of sp³-hybridized carbons (Fsp3) is 0.158. The van der Waals surface area contributed by atoms with Crippen LogP contribution < -0.4 is 10.6 Å². The maximum atomic E-state index is 13.2. The minimum Gasteiger partial charge on any atom is -0.334 e. The Hall–Kier alpha value is -3.69. The lowest BCUT2D eigenvalue weighted by atomic mass is 10.1. The number of benzene rings is 2. The minimum absolute atomic E-state index is 0.139. The first kappa shape index (κ1) is 20.1. The molecule has 0 aliphatic heterocycles. The van der Waals surface area contributed by atoms with E-state index in [-0.39, 0.29) is 17.3 Å². The zero-order valence-electron chi connectivity index (χ0n) is 15.4. The molecule has 0 saturated carbocycles. The molecule has 150 valence electrons. The van der Waals surface area contributed by atoms with Crippen molar-refractivity contribution in [3.05, 3.63) is 75.6 Å². The van der Waals surface area contributed by atoms with Crippen LogP contribution in [0.15, 0.2) is 48.8 Å². The number of halogens is 3. The first-order valence-corrected chi connectivity index (χ1v) is 8.43. The van der Waals surface area contributed by atoms with Gasteiger partial charge in [-0.1, -0.05) is 18.2 Å². The fourth-order valence-corrected chi connectivity index (χ4v) is 2.66. The summed E-state index contributed by atoms with van der Waals surface area (Å²) in [5, 5.41) is 16.9. The summed E-state index contributed by atoms with van der Waals surface area (Å²) >= 11 is 0. The number of hydrogen-bond donors (Lipinski definition) is 2. The van der Waals surface area contributed by atoms with E-state index in [4.69, 9.17) is 0 Å². The maximum absolute atomic E-state index is 13.2. The lowest BCUT2D eigenvalue weighted by Gasteiger charge is -2.15. The molecule has 1 aromatic heterocycles. The number of aromatic nitrogens is 2. The Labute approximate surface area is 163 Å². The van der Waals surface area contributed by atoms with Crippen LogP contribution in [0.4, 0.5) is 41.9 Å². The topological polar surface area (TPSA) is 93.0 Å². The highest BCUT2D eigenvalue weighted by Gasteiger charge is 2.34. The standard InChI is InChI=1S/C19H16F3N5O2/c1-11-7-8-13(9-12(11)2)25-17-16(27(28)29)18(24-10-23-17)26-15-6-4-3-5-14(15)19(20,21)22/h3-10H,1-2H3,(H2,23,24,25,26). The quantitative estimate of drug-likeness (QED) is 0.431. The van der Waals surface area contributed by atoms with Gasteiger partial charge in [0.05, 0.1) is 16.2 Å². The van der Waals surface area contributed by atoms with Crippen molar-refractivity contribution >= 4 is 28.7 Å². The van der Waals surface area contributed by atoms with E-state index in [1.807, 2.05) is 19.9 Å². The first-order valence-electron chi connectivity index (χ1n) is 8.43. The van der Waals surface area contributed by atoms with Gasteiger partial charge in [-0.3, -0.25) is 10.1 Å². The van der Waals surface area contributed by atoms with Crippen molar-refractivity contribution in [2.75, 3.05) is 10.6 Å². The van der Waals surface area contributed by atoms with Crippen LogP contribution in [0.25, 0.3) is 0 Å². The maximum Gasteiger partial charge on any atom is 0.418 e. The highest BCUT2D eigenvalue weighted by molar-refractivity contribution is 5.77. The van der Waals surface area contributed by atoms with E-state index in [1.54, 1.807) is 12.1 Å². The summed E-state index contributed by atoms with van der Waals surface area (Å²) in [4.78, 5) is 18.6. The molecule has 29 heavy (non-hydrogen) atoms. The predicted molar refractivity (Wildman–Crippen MR) is 103 cm³/mol. The second-order valence-corrected chi connectivity index (χ2v) is 6.27. The summed E-state index contributed by atoms with van der Waals surface area (Å²) in [5.74, 6) is -0.492. The van der Waals surface area contributed by atoms with E-state index in [9.17, 15) is 23.3 Å². The molecule has 0 aliphatic carbocycles. The van der Waals surface area contributed by atoms with Gasteiger partial charge < -0.3 is 10.6 Å². The molecule has 0 amide bonds. The Morgan fingerprint density at radius 1 is 0.966 bits per heavy atom. The smallest absolute Gasteiger partial charge is 0.334 e. The van der Waals surface area contributed by atoms with Gasteiger partial charge in [-0.15, -0.1) is 0 Å². The monoisotopic (exact) mass is 403 g/mol. The molecule has 0 saturated heterocycles. The third kappa shape index (κ3) is 4.42. The van der Waals surface area contributed by atoms with Crippen LogP contribution in [0.3, 0.4) is 0 Å². The Bertz CT molecular complexity index is 1070. The van der Waals surface area contributed by atoms with Crippen LogP contribution in [-0.2, 0) is 6.18 Å². The Morgan fingerprint density at radius 3 is 2.24 bits per heavy atom. The zero-order valence-corrected chi connectivity index (χ0v) is 15.4. The van der Waals surface area contributed by atoms with Gasteiger partial charge in [0, 0.05) is 5.69 Å². The van der Waals surface area contributed by atoms with Crippen molar-refractivity contribution in [1.82, 2.24) is 9.97 Å². The van der Waals surface area contributed by atoms with E-state index in [2.05, 4.69) is 20.6 Å². The molecule has 3 aromatic rings. The Morgan fingerprint density at radius 2 is 1.62 bits per heavy atom. The number of anilines is 4. The van der Waals surface area contributed by atoms with Crippen LogP contribution in [0, 0.1) is 24.0 Å². The van der Waals surface area contributed by atoms with Crippen molar-refractivity contribution in [1.29, 1.82) is 0 Å².